The molecule has 6 heteroatoms. The fourth-order valence-electron chi connectivity index (χ4n) is 3.60. The van der Waals surface area contributed by atoms with E-state index >= 15 is 0 Å². The van der Waals surface area contributed by atoms with Crippen LogP contribution in [0.4, 0.5) is 5.82 Å². The summed E-state index contributed by atoms with van der Waals surface area (Å²) in [5.74, 6) is 1.67. The smallest absolute Gasteiger partial charge is 0.254 e. The molecule has 6 nitrogen and oxygen atoms in total. The van der Waals surface area contributed by atoms with Crippen molar-refractivity contribution < 1.29 is 4.79 Å². The summed E-state index contributed by atoms with van der Waals surface area (Å²) in [6.45, 7) is 6.96. The molecule has 2 aliphatic rings. The van der Waals surface area contributed by atoms with Gasteiger partial charge in [-0.3, -0.25) is 4.79 Å². The minimum Gasteiger partial charge on any atom is -0.356 e. The number of anilines is 1. The second kappa shape index (κ2) is 6.41. The van der Waals surface area contributed by atoms with E-state index in [0.717, 1.165) is 48.0 Å². The number of aromatic nitrogens is 2. The summed E-state index contributed by atoms with van der Waals surface area (Å²) in [6.07, 6.45) is 1.96. The van der Waals surface area contributed by atoms with Crippen molar-refractivity contribution in [2.75, 3.05) is 18.0 Å². The zero-order valence-corrected chi connectivity index (χ0v) is 15.1. The molecule has 0 N–H and O–H groups in total. The first-order valence-corrected chi connectivity index (χ1v) is 9.04. The van der Waals surface area contributed by atoms with Gasteiger partial charge in [0, 0.05) is 24.2 Å². The van der Waals surface area contributed by atoms with E-state index in [-0.39, 0.29) is 5.91 Å². The van der Waals surface area contributed by atoms with Crippen LogP contribution in [0.1, 0.15) is 51.9 Å². The maximum atomic E-state index is 13.0. The largest absolute Gasteiger partial charge is 0.356 e. The van der Waals surface area contributed by atoms with Gasteiger partial charge in [0.1, 0.15) is 11.6 Å². The van der Waals surface area contributed by atoms with E-state index in [9.17, 15) is 10.1 Å². The first-order valence-electron chi connectivity index (χ1n) is 9.04. The molecule has 0 atom stereocenters. The van der Waals surface area contributed by atoms with Gasteiger partial charge in [0.2, 0.25) is 0 Å². The number of carbonyl (C=O) groups is 1. The predicted molar refractivity (Wildman–Crippen MR) is 97.7 cm³/mol. The molecule has 4 rings (SSSR count). The summed E-state index contributed by atoms with van der Waals surface area (Å²) >= 11 is 0. The molecule has 1 aromatic carbocycles. The molecule has 0 aliphatic carbocycles. The Bertz CT molecular complexity index is 927. The highest BCUT2D eigenvalue weighted by Crippen LogP contribution is 2.32. The molecule has 26 heavy (non-hydrogen) atoms. The Balaban J connectivity index is 1.62. The first-order chi connectivity index (χ1) is 12.6. The molecular weight excluding hydrogens is 326 g/mol. The lowest BCUT2D eigenvalue weighted by Crippen LogP contribution is -2.38. The van der Waals surface area contributed by atoms with Crippen LogP contribution in [-0.2, 0) is 19.5 Å². The number of benzene rings is 1. The van der Waals surface area contributed by atoms with Crippen molar-refractivity contribution >= 4 is 11.7 Å². The van der Waals surface area contributed by atoms with Crippen LogP contribution in [0.5, 0.6) is 0 Å². The third-order valence-electron chi connectivity index (χ3n) is 5.17. The van der Waals surface area contributed by atoms with Crippen molar-refractivity contribution in [2.24, 2.45) is 0 Å². The zero-order chi connectivity index (χ0) is 18.3. The van der Waals surface area contributed by atoms with Crippen LogP contribution < -0.4 is 4.90 Å². The molecular formula is C20H21N5O. The maximum Gasteiger partial charge on any atom is 0.254 e. The van der Waals surface area contributed by atoms with Crippen LogP contribution in [0.25, 0.3) is 0 Å². The lowest BCUT2D eigenvalue weighted by molar-refractivity contribution is 0.0750. The van der Waals surface area contributed by atoms with E-state index in [2.05, 4.69) is 20.9 Å². The normalized spacial score (nSPS) is 15.4. The SMILES string of the molecule is CCc1ccc(C(=O)N2Cc3nc(C)nc(N4CCC4)c3C2)cc1C#N. The zero-order valence-electron chi connectivity index (χ0n) is 15.1. The van der Waals surface area contributed by atoms with E-state index in [1.165, 1.54) is 6.42 Å². The van der Waals surface area contributed by atoms with Gasteiger partial charge < -0.3 is 9.80 Å². The number of rotatable bonds is 3. The van der Waals surface area contributed by atoms with Crippen molar-refractivity contribution in [3.8, 4) is 6.07 Å². The Hall–Kier alpha value is -2.94. The average Bonchev–Trinajstić information content (AvgIpc) is 3.02. The quantitative estimate of drug-likeness (QED) is 0.853. The van der Waals surface area contributed by atoms with Crippen molar-refractivity contribution in [3.05, 3.63) is 52.0 Å². The van der Waals surface area contributed by atoms with Crippen LogP contribution in [0, 0.1) is 18.3 Å². The highest BCUT2D eigenvalue weighted by molar-refractivity contribution is 5.95. The minimum atomic E-state index is -0.0608. The number of aryl methyl sites for hydroxylation is 2. The van der Waals surface area contributed by atoms with E-state index < -0.39 is 0 Å². The molecule has 0 bridgehead atoms. The monoisotopic (exact) mass is 347 g/mol. The number of nitrogens with zero attached hydrogens (tertiary/aromatic N) is 5. The Morgan fingerprint density at radius 3 is 2.73 bits per heavy atom. The van der Waals surface area contributed by atoms with E-state index in [0.29, 0.717) is 24.2 Å². The van der Waals surface area contributed by atoms with Crippen LogP contribution in [-0.4, -0.2) is 33.9 Å². The van der Waals surface area contributed by atoms with Crippen molar-refractivity contribution in [1.29, 1.82) is 5.26 Å². The van der Waals surface area contributed by atoms with Gasteiger partial charge in [0.15, 0.2) is 0 Å². The Morgan fingerprint density at radius 2 is 2.08 bits per heavy atom. The summed E-state index contributed by atoms with van der Waals surface area (Å²) in [7, 11) is 0. The van der Waals surface area contributed by atoms with Crippen molar-refractivity contribution in [2.45, 2.75) is 39.8 Å². The fraction of sp³-hybridized carbons (Fsp3) is 0.400. The van der Waals surface area contributed by atoms with Gasteiger partial charge in [0.25, 0.3) is 5.91 Å². The molecule has 0 radical (unpaired) electrons. The molecule has 132 valence electrons. The number of amides is 1. The second-order valence-corrected chi connectivity index (χ2v) is 6.86. The summed E-state index contributed by atoms with van der Waals surface area (Å²) in [6, 6.07) is 7.60. The van der Waals surface area contributed by atoms with E-state index in [4.69, 9.17) is 0 Å². The topological polar surface area (TPSA) is 73.1 Å². The van der Waals surface area contributed by atoms with Gasteiger partial charge in [-0.25, -0.2) is 9.97 Å². The van der Waals surface area contributed by atoms with Gasteiger partial charge in [0.05, 0.1) is 30.4 Å². The molecule has 0 unspecified atom stereocenters. The van der Waals surface area contributed by atoms with Crippen molar-refractivity contribution in [1.82, 2.24) is 14.9 Å². The van der Waals surface area contributed by atoms with Gasteiger partial charge >= 0.3 is 0 Å². The molecule has 0 saturated carbocycles. The van der Waals surface area contributed by atoms with Gasteiger partial charge in [-0.2, -0.15) is 5.26 Å². The third-order valence-corrected chi connectivity index (χ3v) is 5.17. The molecule has 1 amide bonds. The average molecular weight is 347 g/mol. The van der Waals surface area contributed by atoms with Gasteiger partial charge in [-0.05, 0) is 37.5 Å². The Labute approximate surface area is 153 Å². The molecule has 1 fully saturated rings. The number of hydrogen-bond donors (Lipinski definition) is 0. The molecule has 1 aromatic heterocycles. The van der Waals surface area contributed by atoms with Gasteiger partial charge in [-0.1, -0.05) is 13.0 Å². The lowest BCUT2D eigenvalue weighted by Gasteiger charge is -2.33. The number of fused-ring (bicyclic) bond motifs is 1. The number of hydrogen-bond acceptors (Lipinski definition) is 5. The predicted octanol–water partition coefficient (Wildman–Crippen LogP) is 2.59. The second-order valence-electron chi connectivity index (χ2n) is 6.86. The number of nitriles is 1. The van der Waals surface area contributed by atoms with Crippen LogP contribution in [0.2, 0.25) is 0 Å². The fourth-order valence-corrected chi connectivity index (χ4v) is 3.60. The maximum absolute atomic E-state index is 13.0. The molecule has 2 aliphatic heterocycles. The van der Waals surface area contributed by atoms with Gasteiger partial charge in [-0.15, -0.1) is 0 Å². The van der Waals surface area contributed by atoms with Crippen LogP contribution in [0.15, 0.2) is 18.2 Å². The van der Waals surface area contributed by atoms with Crippen LogP contribution in [0.3, 0.4) is 0 Å². The molecule has 0 spiro atoms. The van der Waals surface area contributed by atoms with Crippen molar-refractivity contribution in [3.63, 3.8) is 0 Å². The minimum absolute atomic E-state index is 0.0608. The molecule has 2 aromatic rings. The Morgan fingerprint density at radius 1 is 1.27 bits per heavy atom. The highest BCUT2D eigenvalue weighted by atomic mass is 16.2. The third kappa shape index (κ3) is 2.70. The molecule has 3 heterocycles. The molecule has 1 saturated heterocycles. The summed E-state index contributed by atoms with van der Waals surface area (Å²) < 4.78 is 0. The standard InChI is InChI=1S/C20H21N5O/c1-3-14-5-6-15(9-16(14)10-21)20(26)25-11-17-18(12-25)22-13(2)23-19(17)24-7-4-8-24/h5-6,9H,3-4,7-8,11-12H2,1-2H3. The highest BCUT2D eigenvalue weighted by Gasteiger charge is 2.31. The summed E-state index contributed by atoms with van der Waals surface area (Å²) in [5, 5.41) is 9.33. The Kier molecular flexibility index (Phi) is 4.08. The summed E-state index contributed by atoms with van der Waals surface area (Å²) in [5.41, 5.74) is 4.11. The summed E-state index contributed by atoms with van der Waals surface area (Å²) in [4.78, 5) is 26.2. The number of carbonyl (C=O) groups excluding carboxylic acids is 1. The lowest BCUT2D eigenvalue weighted by atomic mass is 10.0. The van der Waals surface area contributed by atoms with Crippen LogP contribution >= 0.6 is 0 Å². The van der Waals surface area contributed by atoms with E-state index in [1.54, 1.807) is 11.0 Å². The van der Waals surface area contributed by atoms with E-state index in [1.807, 2.05) is 26.0 Å². The first kappa shape index (κ1) is 16.5.